The van der Waals surface area contributed by atoms with Gasteiger partial charge in [0.1, 0.15) is 18.1 Å². The zero-order valence-electron chi connectivity index (χ0n) is 11.3. The molecule has 3 N–H and O–H groups in total. The average Bonchev–Trinajstić information content (AvgIpc) is 2.39. The molecule has 20 heavy (non-hydrogen) atoms. The first kappa shape index (κ1) is 14.9. The normalized spacial score (nSPS) is 12.2. The largest absolute Gasteiger partial charge is 0.508 e. The number of ether oxygens (including phenoxy) is 1. The summed E-state index contributed by atoms with van der Waals surface area (Å²) in [6.45, 7) is 2.43. The van der Waals surface area contributed by atoms with Gasteiger partial charge < -0.3 is 15.6 Å². The number of para-hydroxylation sites is 1. The molecule has 106 valence electrons. The van der Waals surface area contributed by atoms with Crippen molar-refractivity contribution < 1.29 is 9.84 Å². The number of phenolic OH excluding ortho intramolecular Hbond substituents is 1. The van der Waals surface area contributed by atoms with Gasteiger partial charge in [-0.3, -0.25) is 0 Å². The van der Waals surface area contributed by atoms with Gasteiger partial charge in [0, 0.05) is 6.04 Å². The van der Waals surface area contributed by atoms with E-state index in [2.05, 4.69) is 15.9 Å². The van der Waals surface area contributed by atoms with E-state index in [9.17, 15) is 5.11 Å². The topological polar surface area (TPSA) is 55.5 Å². The van der Waals surface area contributed by atoms with Crippen LogP contribution in [0.2, 0.25) is 0 Å². The van der Waals surface area contributed by atoms with Crippen LogP contribution in [0.25, 0.3) is 0 Å². The molecule has 2 aromatic carbocycles. The molecule has 0 saturated heterocycles. The molecule has 0 amide bonds. The molecule has 0 radical (unpaired) electrons. The summed E-state index contributed by atoms with van der Waals surface area (Å²) in [6, 6.07) is 13.0. The number of hydrogen-bond donors (Lipinski definition) is 2. The highest BCUT2D eigenvalue weighted by molar-refractivity contribution is 9.10. The van der Waals surface area contributed by atoms with Gasteiger partial charge in [-0.1, -0.05) is 24.3 Å². The minimum Gasteiger partial charge on any atom is -0.508 e. The molecule has 0 heterocycles. The molecular weight excluding hydrogens is 318 g/mol. The molecule has 4 heteroatoms. The van der Waals surface area contributed by atoms with Gasteiger partial charge in [0.25, 0.3) is 0 Å². The van der Waals surface area contributed by atoms with Crippen molar-refractivity contribution in [2.45, 2.75) is 26.0 Å². The minimum atomic E-state index is 0.0836. The zero-order chi connectivity index (χ0) is 14.5. The monoisotopic (exact) mass is 335 g/mol. The number of benzene rings is 2. The van der Waals surface area contributed by atoms with Crippen LogP contribution in [0.5, 0.6) is 11.5 Å². The average molecular weight is 336 g/mol. The first-order valence-corrected chi connectivity index (χ1v) is 7.29. The lowest BCUT2D eigenvalue weighted by Gasteiger charge is -2.15. The van der Waals surface area contributed by atoms with E-state index in [0.29, 0.717) is 6.61 Å². The van der Waals surface area contributed by atoms with Gasteiger partial charge in [0.15, 0.2) is 0 Å². The molecule has 0 aliphatic carbocycles. The summed E-state index contributed by atoms with van der Waals surface area (Å²) in [5.41, 5.74) is 7.96. The molecule has 2 aromatic rings. The molecule has 0 saturated carbocycles. The van der Waals surface area contributed by atoms with Crippen LogP contribution in [0.3, 0.4) is 0 Å². The molecule has 0 aliphatic rings. The van der Waals surface area contributed by atoms with Crippen molar-refractivity contribution in [1.82, 2.24) is 0 Å². The van der Waals surface area contributed by atoms with Gasteiger partial charge in [0.05, 0.1) is 4.47 Å². The predicted octanol–water partition coefficient (Wildman–Crippen LogP) is 3.62. The summed E-state index contributed by atoms with van der Waals surface area (Å²) in [6.07, 6.45) is 0.768. The van der Waals surface area contributed by atoms with E-state index in [4.69, 9.17) is 10.5 Å². The first-order valence-electron chi connectivity index (χ1n) is 6.50. The van der Waals surface area contributed by atoms with Crippen molar-refractivity contribution in [3.8, 4) is 11.5 Å². The number of hydrogen-bond acceptors (Lipinski definition) is 3. The molecule has 0 bridgehead atoms. The number of aromatic hydroxyl groups is 1. The molecule has 1 unspecified atom stereocenters. The Kier molecular flexibility index (Phi) is 5.04. The van der Waals surface area contributed by atoms with Gasteiger partial charge in [-0.25, -0.2) is 0 Å². The van der Waals surface area contributed by atoms with Crippen LogP contribution in [-0.2, 0) is 13.0 Å². The Hall–Kier alpha value is -1.52. The Bertz CT molecular complexity index is 567. The van der Waals surface area contributed by atoms with Crippen molar-refractivity contribution in [3.05, 3.63) is 58.1 Å². The summed E-state index contributed by atoms with van der Waals surface area (Å²) in [4.78, 5) is 0. The van der Waals surface area contributed by atoms with Crippen LogP contribution in [-0.4, -0.2) is 11.1 Å². The number of nitrogens with two attached hydrogens (primary N) is 1. The lowest BCUT2D eigenvalue weighted by Crippen LogP contribution is -2.18. The summed E-state index contributed by atoms with van der Waals surface area (Å²) in [5.74, 6) is 1.09. The lowest BCUT2D eigenvalue weighted by atomic mass is 10.1. The number of halogens is 1. The summed E-state index contributed by atoms with van der Waals surface area (Å²) in [7, 11) is 0. The summed E-state index contributed by atoms with van der Waals surface area (Å²) >= 11 is 3.52. The second-order valence-corrected chi connectivity index (χ2v) is 5.72. The molecular formula is C16H18BrNO2. The smallest absolute Gasteiger partial charge is 0.137 e. The highest BCUT2D eigenvalue weighted by Crippen LogP contribution is 2.30. The van der Waals surface area contributed by atoms with E-state index in [1.165, 1.54) is 0 Å². The zero-order valence-corrected chi connectivity index (χ0v) is 12.9. The van der Waals surface area contributed by atoms with Crippen LogP contribution in [0.4, 0.5) is 0 Å². The van der Waals surface area contributed by atoms with Gasteiger partial charge in [-0.2, -0.15) is 0 Å². The van der Waals surface area contributed by atoms with E-state index < -0.39 is 0 Å². The third-order valence-corrected chi connectivity index (χ3v) is 3.53. The van der Waals surface area contributed by atoms with Crippen molar-refractivity contribution >= 4 is 15.9 Å². The lowest BCUT2D eigenvalue weighted by molar-refractivity contribution is 0.300. The van der Waals surface area contributed by atoms with Crippen LogP contribution >= 0.6 is 15.9 Å². The van der Waals surface area contributed by atoms with E-state index in [-0.39, 0.29) is 11.8 Å². The third kappa shape index (κ3) is 3.99. The second kappa shape index (κ2) is 6.77. The number of phenols is 1. The van der Waals surface area contributed by atoms with Crippen molar-refractivity contribution in [2.24, 2.45) is 5.73 Å². The standard InChI is InChI=1S/C16H18BrNO2/c1-11(18)9-13-3-2-4-15(17)16(13)20-10-12-5-7-14(19)8-6-12/h2-8,11,19H,9-10,18H2,1H3. The molecule has 0 aliphatic heterocycles. The van der Waals surface area contributed by atoms with Gasteiger partial charge in [0.2, 0.25) is 0 Å². The van der Waals surface area contributed by atoms with Crippen molar-refractivity contribution in [3.63, 3.8) is 0 Å². The quantitative estimate of drug-likeness (QED) is 0.877. The Morgan fingerprint density at radius 3 is 2.55 bits per heavy atom. The molecule has 2 rings (SSSR count). The first-order chi connectivity index (χ1) is 9.56. The fourth-order valence-electron chi connectivity index (χ4n) is 1.97. The van der Waals surface area contributed by atoms with E-state index >= 15 is 0 Å². The fourth-order valence-corrected chi connectivity index (χ4v) is 2.49. The summed E-state index contributed by atoms with van der Waals surface area (Å²) in [5, 5.41) is 9.27. The van der Waals surface area contributed by atoms with Gasteiger partial charge in [-0.15, -0.1) is 0 Å². The van der Waals surface area contributed by atoms with Gasteiger partial charge in [-0.05, 0) is 58.6 Å². The maximum absolute atomic E-state index is 9.27. The maximum Gasteiger partial charge on any atom is 0.137 e. The molecule has 1 atom stereocenters. The van der Waals surface area contributed by atoms with Crippen molar-refractivity contribution in [2.75, 3.05) is 0 Å². The second-order valence-electron chi connectivity index (χ2n) is 4.86. The molecule has 0 aromatic heterocycles. The third-order valence-electron chi connectivity index (χ3n) is 2.91. The SMILES string of the molecule is CC(N)Cc1cccc(Br)c1OCc1ccc(O)cc1. The number of rotatable bonds is 5. The molecule has 0 fully saturated rings. The van der Waals surface area contributed by atoms with Crippen LogP contribution in [0.1, 0.15) is 18.1 Å². The van der Waals surface area contributed by atoms with E-state index in [0.717, 1.165) is 27.8 Å². The highest BCUT2D eigenvalue weighted by atomic mass is 79.9. The summed E-state index contributed by atoms with van der Waals surface area (Å²) < 4.78 is 6.84. The van der Waals surface area contributed by atoms with Crippen LogP contribution < -0.4 is 10.5 Å². The predicted molar refractivity (Wildman–Crippen MR) is 83.9 cm³/mol. The Morgan fingerprint density at radius 2 is 1.90 bits per heavy atom. The highest BCUT2D eigenvalue weighted by Gasteiger charge is 2.10. The Labute approximate surface area is 127 Å². The maximum atomic E-state index is 9.27. The van der Waals surface area contributed by atoms with Gasteiger partial charge >= 0.3 is 0 Å². The van der Waals surface area contributed by atoms with Crippen LogP contribution in [0, 0.1) is 0 Å². The molecule has 0 spiro atoms. The van der Waals surface area contributed by atoms with E-state index in [1.54, 1.807) is 12.1 Å². The van der Waals surface area contributed by atoms with E-state index in [1.807, 2.05) is 37.3 Å². The van der Waals surface area contributed by atoms with Crippen molar-refractivity contribution in [1.29, 1.82) is 0 Å². The molecule has 3 nitrogen and oxygen atoms in total. The minimum absolute atomic E-state index is 0.0836. The van der Waals surface area contributed by atoms with Crippen LogP contribution in [0.15, 0.2) is 46.9 Å². The Morgan fingerprint density at radius 1 is 1.20 bits per heavy atom. The fraction of sp³-hybridized carbons (Fsp3) is 0.250. The Balaban J connectivity index is 2.13.